The van der Waals surface area contributed by atoms with Gasteiger partial charge in [0.05, 0.1) is 0 Å². The summed E-state index contributed by atoms with van der Waals surface area (Å²) in [7, 11) is 0. The van der Waals surface area contributed by atoms with Gasteiger partial charge in [-0.15, -0.1) is 0 Å². The molecule has 6 heteroatoms. The number of benzene rings is 1. The second-order valence-corrected chi connectivity index (χ2v) is 6.69. The zero-order chi connectivity index (χ0) is 14.7. The van der Waals surface area contributed by atoms with Gasteiger partial charge in [0.25, 0.3) is 5.91 Å². The van der Waals surface area contributed by atoms with Crippen LogP contribution in [0.25, 0.3) is 0 Å². The number of carbonyl (C=O) groups is 2. The normalized spacial score (nSPS) is 22.6. The van der Waals surface area contributed by atoms with Gasteiger partial charge in [-0.3, -0.25) is 9.59 Å². The van der Waals surface area contributed by atoms with E-state index in [1.54, 1.807) is 12.1 Å². The van der Waals surface area contributed by atoms with Crippen molar-refractivity contribution >= 4 is 46.1 Å². The second kappa shape index (κ2) is 6.76. The third kappa shape index (κ3) is 3.44. The Hall–Kier alpha value is -0.820. The van der Waals surface area contributed by atoms with Gasteiger partial charge in [0.15, 0.2) is 6.10 Å². The van der Waals surface area contributed by atoms with Crippen molar-refractivity contribution in [2.45, 2.75) is 29.9 Å². The molecule has 0 aliphatic carbocycles. The minimum atomic E-state index is -0.656. The summed E-state index contributed by atoms with van der Waals surface area (Å²) in [6, 6.07) is 7.24. The molecule has 3 atom stereocenters. The first-order valence-corrected chi connectivity index (χ1v) is 8.02. The lowest BCUT2D eigenvalue weighted by atomic mass is 9.91. The van der Waals surface area contributed by atoms with Gasteiger partial charge < -0.3 is 10.1 Å². The average Bonchev–Trinajstić information content (AvgIpc) is 2.43. The van der Waals surface area contributed by atoms with Crippen LogP contribution >= 0.6 is 34.2 Å². The van der Waals surface area contributed by atoms with Crippen LogP contribution in [-0.2, 0) is 20.9 Å². The van der Waals surface area contributed by atoms with E-state index in [1.807, 2.05) is 19.1 Å². The van der Waals surface area contributed by atoms with Gasteiger partial charge in [-0.2, -0.15) is 0 Å². The predicted octanol–water partition coefficient (Wildman–Crippen LogP) is 2.71. The highest BCUT2D eigenvalue weighted by Crippen LogP contribution is 2.32. The van der Waals surface area contributed by atoms with Crippen LogP contribution in [0.2, 0.25) is 5.02 Å². The first-order chi connectivity index (χ1) is 9.52. The fraction of sp³-hybridized carbons (Fsp3) is 0.429. The molecule has 0 bridgehead atoms. The Morgan fingerprint density at radius 3 is 2.65 bits per heavy atom. The van der Waals surface area contributed by atoms with E-state index < -0.39 is 6.10 Å². The number of amides is 1. The Labute approximate surface area is 136 Å². The predicted molar refractivity (Wildman–Crippen MR) is 84.8 cm³/mol. The lowest BCUT2D eigenvalue weighted by Gasteiger charge is -2.36. The highest BCUT2D eigenvalue weighted by molar-refractivity contribution is 14.1. The molecule has 1 amide bonds. The molecule has 0 unspecified atom stereocenters. The maximum Gasteiger partial charge on any atom is 0.315 e. The Balaban J connectivity index is 1.89. The summed E-state index contributed by atoms with van der Waals surface area (Å²) >= 11 is 7.99. The number of nitrogens with one attached hydrogen (secondary N) is 1. The lowest BCUT2D eigenvalue weighted by molar-refractivity contribution is -0.188. The number of ether oxygens (including phenoxy) is 1. The van der Waals surface area contributed by atoms with E-state index in [-0.39, 0.29) is 21.7 Å². The van der Waals surface area contributed by atoms with E-state index in [0.717, 1.165) is 12.0 Å². The van der Waals surface area contributed by atoms with E-state index in [1.165, 1.54) is 0 Å². The van der Waals surface area contributed by atoms with Crippen LogP contribution < -0.4 is 5.32 Å². The molecular formula is C14H15ClINO3. The Kier molecular flexibility index (Phi) is 5.26. The number of alkyl halides is 1. The quantitative estimate of drug-likeness (QED) is 0.464. The topological polar surface area (TPSA) is 55.4 Å². The molecule has 0 saturated carbocycles. The number of rotatable bonds is 5. The number of halogens is 2. The van der Waals surface area contributed by atoms with Crippen LogP contribution in [0, 0.1) is 5.92 Å². The number of carbonyl (C=O) groups excluding carboxylic acids is 2. The third-order valence-electron chi connectivity index (χ3n) is 3.26. The summed E-state index contributed by atoms with van der Waals surface area (Å²) in [4.78, 5) is 23.5. The number of hydrogen-bond donors (Lipinski definition) is 1. The van der Waals surface area contributed by atoms with Crippen LogP contribution in [0.5, 0.6) is 0 Å². The van der Waals surface area contributed by atoms with Crippen LogP contribution in [0.3, 0.4) is 0 Å². The number of hydrogen-bond acceptors (Lipinski definition) is 3. The van der Waals surface area contributed by atoms with Gasteiger partial charge in [0, 0.05) is 15.5 Å². The molecule has 1 aliphatic heterocycles. The highest BCUT2D eigenvalue weighted by atomic mass is 127. The number of cyclic esters (lactones) is 1. The zero-order valence-corrected chi connectivity index (χ0v) is 13.8. The van der Waals surface area contributed by atoms with Crippen molar-refractivity contribution in [1.82, 2.24) is 5.32 Å². The minimum absolute atomic E-state index is 0.125. The summed E-state index contributed by atoms with van der Waals surface area (Å²) in [6.45, 7) is 2.39. The summed E-state index contributed by atoms with van der Waals surface area (Å²) in [5.74, 6) is -0.844. The third-order valence-corrected chi connectivity index (χ3v) is 5.17. The van der Waals surface area contributed by atoms with Crippen LogP contribution in [-0.4, -0.2) is 21.9 Å². The number of esters is 1. The fourth-order valence-corrected chi connectivity index (χ4v) is 2.82. The molecule has 4 nitrogen and oxygen atoms in total. The lowest BCUT2D eigenvalue weighted by Crippen LogP contribution is -2.56. The van der Waals surface area contributed by atoms with Gasteiger partial charge in [-0.05, 0) is 24.1 Å². The molecule has 0 aromatic heterocycles. The molecular weight excluding hydrogens is 393 g/mol. The fourth-order valence-electron chi connectivity index (χ4n) is 2.03. The standard InChI is InChI=1S/C14H15ClINO3/c1-2-10(16)11-12(20-14(11)19)13(18)17-7-8-3-5-9(15)6-4-8/h3-6,10-12H,2,7H2,1H3,(H,17,18)/t10-,11-,12+/m0/s1. The molecule has 20 heavy (non-hydrogen) atoms. The van der Waals surface area contributed by atoms with Crippen molar-refractivity contribution in [2.75, 3.05) is 0 Å². The van der Waals surface area contributed by atoms with Crippen molar-refractivity contribution < 1.29 is 14.3 Å². The van der Waals surface area contributed by atoms with Crippen molar-refractivity contribution in [3.05, 3.63) is 34.9 Å². The van der Waals surface area contributed by atoms with Gasteiger partial charge in [0.1, 0.15) is 5.92 Å². The maximum atomic E-state index is 12.0. The zero-order valence-electron chi connectivity index (χ0n) is 10.9. The molecule has 0 spiro atoms. The molecule has 1 heterocycles. The SMILES string of the molecule is CC[C@H](I)[C@@H]1C(=O)O[C@H]1C(=O)NCc1ccc(Cl)cc1. The highest BCUT2D eigenvalue weighted by Gasteiger charge is 2.50. The van der Waals surface area contributed by atoms with E-state index >= 15 is 0 Å². The van der Waals surface area contributed by atoms with Crippen LogP contribution in [0.1, 0.15) is 18.9 Å². The minimum Gasteiger partial charge on any atom is -0.451 e. The van der Waals surface area contributed by atoms with E-state index in [4.69, 9.17) is 16.3 Å². The molecule has 1 aromatic carbocycles. The van der Waals surface area contributed by atoms with Crippen molar-refractivity contribution in [2.24, 2.45) is 5.92 Å². The smallest absolute Gasteiger partial charge is 0.315 e. The molecule has 0 radical (unpaired) electrons. The molecule has 2 rings (SSSR count). The van der Waals surface area contributed by atoms with Crippen molar-refractivity contribution in [1.29, 1.82) is 0 Å². The Morgan fingerprint density at radius 2 is 2.10 bits per heavy atom. The molecule has 1 aromatic rings. The van der Waals surface area contributed by atoms with Gasteiger partial charge >= 0.3 is 5.97 Å². The first-order valence-electron chi connectivity index (χ1n) is 6.39. The Bertz CT molecular complexity index is 506. The molecule has 1 N–H and O–H groups in total. The molecule has 1 saturated heterocycles. The summed E-state index contributed by atoms with van der Waals surface area (Å²) < 4.78 is 5.09. The monoisotopic (exact) mass is 407 g/mol. The van der Waals surface area contributed by atoms with E-state index in [9.17, 15) is 9.59 Å². The summed E-state index contributed by atoms with van der Waals surface area (Å²) in [6.07, 6.45) is 0.179. The molecule has 108 valence electrons. The first kappa shape index (κ1) is 15.6. The molecule has 1 aliphatic rings. The van der Waals surface area contributed by atoms with Gasteiger partial charge in [0.2, 0.25) is 0 Å². The van der Waals surface area contributed by atoms with Crippen LogP contribution in [0.15, 0.2) is 24.3 Å². The second-order valence-electron chi connectivity index (χ2n) is 4.65. The Morgan fingerprint density at radius 1 is 1.45 bits per heavy atom. The average molecular weight is 408 g/mol. The summed E-state index contributed by atoms with van der Waals surface area (Å²) in [5, 5.41) is 3.44. The van der Waals surface area contributed by atoms with E-state index in [2.05, 4.69) is 27.9 Å². The summed E-state index contributed by atoms with van der Waals surface area (Å²) in [5.41, 5.74) is 0.950. The van der Waals surface area contributed by atoms with Gasteiger partial charge in [-0.25, -0.2) is 0 Å². The van der Waals surface area contributed by atoms with Crippen molar-refractivity contribution in [3.8, 4) is 0 Å². The maximum absolute atomic E-state index is 12.0. The van der Waals surface area contributed by atoms with E-state index in [0.29, 0.717) is 11.6 Å². The molecule has 1 fully saturated rings. The largest absolute Gasteiger partial charge is 0.451 e. The van der Waals surface area contributed by atoms with Gasteiger partial charge in [-0.1, -0.05) is 53.2 Å². The van der Waals surface area contributed by atoms with Crippen LogP contribution in [0.4, 0.5) is 0 Å². The van der Waals surface area contributed by atoms with Crippen molar-refractivity contribution in [3.63, 3.8) is 0 Å².